The number of hydrogen-bond donors (Lipinski definition) is 0. The quantitative estimate of drug-likeness (QED) is 0.685. The summed E-state index contributed by atoms with van der Waals surface area (Å²) >= 11 is 3.54. The van der Waals surface area contributed by atoms with E-state index in [0.717, 1.165) is 27.1 Å². The van der Waals surface area contributed by atoms with Crippen molar-refractivity contribution in [2.75, 3.05) is 0 Å². The normalized spacial score (nSPS) is 11.1. The van der Waals surface area contributed by atoms with Crippen molar-refractivity contribution >= 4 is 21.6 Å². The Bertz CT molecular complexity index is 714. The van der Waals surface area contributed by atoms with Crippen LogP contribution >= 0.6 is 15.9 Å². The second-order valence-corrected chi connectivity index (χ2v) is 5.28. The van der Waals surface area contributed by atoms with E-state index in [0.29, 0.717) is 0 Å². The Morgan fingerprint density at radius 3 is 2.50 bits per heavy atom. The van der Waals surface area contributed by atoms with Gasteiger partial charge in [0.25, 0.3) is 0 Å². The molecule has 0 spiro atoms. The van der Waals surface area contributed by atoms with Gasteiger partial charge in [-0.25, -0.2) is 0 Å². The Balaban J connectivity index is 2.23. The van der Waals surface area contributed by atoms with Crippen LogP contribution in [0.3, 0.4) is 0 Å². The number of hydrogen-bond acceptors (Lipinski definition) is 2. The maximum Gasteiger partial charge on any atom is 0.168 e. The zero-order valence-electron chi connectivity index (χ0n) is 10.2. The molecule has 0 bridgehead atoms. The second kappa shape index (κ2) is 4.21. The standard InChI is InChI=1S/C14H12BrN3/c1-9-3-5-11(6-4-9)14-17-16-13-7-10(2)12(15)8-18(13)14/h3-8H,1-2H3. The van der Waals surface area contributed by atoms with Gasteiger partial charge in [0, 0.05) is 16.2 Å². The summed E-state index contributed by atoms with van der Waals surface area (Å²) in [5.41, 5.74) is 4.34. The Morgan fingerprint density at radius 2 is 1.78 bits per heavy atom. The molecule has 0 unspecified atom stereocenters. The van der Waals surface area contributed by atoms with Gasteiger partial charge in [-0.3, -0.25) is 4.40 Å². The molecule has 4 heteroatoms. The highest BCUT2D eigenvalue weighted by Gasteiger charge is 2.09. The molecule has 1 aromatic carbocycles. The van der Waals surface area contributed by atoms with E-state index >= 15 is 0 Å². The van der Waals surface area contributed by atoms with Crippen molar-refractivity contribution in [1.29, 1.82) is 0 Å². The number of rotatable bonds is 1. The molecular formula is C14H12BrN3. The predicted octanol–water partition coefficient (Wildman–Crippen LogP) is 3.78. The molecule has 2 aromatic heterocycles. The molecule has 3 nitrogen and oxygen atoms in total. The average molecular weight is 302 g/mol. The lowest BCUT2D eigenvalue weighted by molar-refractivity contribution is 1.11. The van der Waals surface area contributed by atoms with Gasteiger partial charge in [0.2, 0.25) is 0 Å². The van der Waals surface area contributed by atoms with Gasteiger partial charge in [0.05, 0.1) is 0 Å². The van der Waals surface area contributed by atoms with E-state index in [1.165, 1.54) is 5.56 Å². The fourth-order valence-electron chi connectivity index (χ4n) is 1.91. The number of pyridine rings is 1. The van der Waals surface area contributed by atoms with Gasteiger partial charge < -0.3 is 0 Å². The minimum atomic E-state index is 0.866. The third-order valence-electron chi connectivity index (χ3n) is 3.00. The van der Waals surface area contributed by atoms with Crippen LogP contribution in [0.15, 0.2) is 41.0 Å². The van der Waals surface area contributed by atoms with Crippen LogP contribution in [0.25, 0.3) is 17.0 Å². The van der Waals surface area contributed by atoms with Crippen LogP contribution in [0.4, 0.5) is 0 Å². The first-order valence-electron chi connectivity index (χ1n) is 5.73. The van der Waals surface area contributed by atoms with Crippen LogP contribution in [0.1, 0.15) is 11.1 Å². The fourth-order valence-corrected chi connectivity index (χ4v) is 2.23. The van der Waals surface area contributed by atoms with Crippen LogP contribution in [-0.2, 0) is 0 Å². The maximum atomic E-state index is 4.27. The molecule has 0 aliphatic rings. The Hall–Kier alpha value is -1.68. The SMILES string of the molecule is Cc1ccc(-c2nnc3cc(C)c(Br)cn23)cc1. The highest BCUT2D eigenvalue weighted by atomic mass is 79.9. The van der Waals surface area contributed by atoms with Crippen molar-refractivity contribution in [3.8, 4) is 11.4 Å². The molecule has 3 rings (SSSR count). The number of halogens is 1. The van der Waals surface area contributed by atoms with Crippen molar-refractivity contribution in [2.45, 2.75) is 13.8 Å². The van der Waals surface area contributed by atoms with Crippen LogP contribution in [-0.4, -0.2) is 14.6 Å². The zero-order chi connectivity index (χ0) is 12.7. The van der Waals surface area contributed by atoms with Gasteiger partial charge >= 0.3 is 0 Å². The van der Waals surface area contributed by atoms with E-state index in [9.17, 15) is 0 Å². The van der Waals surface area contributed by atoms with Crippen molar-refractivity contribution in [2.24, 2.45) is 0 Å². The highest BCUT2D eigenvalue weighted by molar-refractivity contribution is 9.10. The molecule has 0 saturated heterocycles. The van der Waals surface area contributed by atoms with Gasteiger partial charge in [0.1, 0.15) is 0 Å². The van der Waals surface area contributed by atoms with E-state index in [2.05, 4.69) is 57.3 Å². The Morgan fingerprint density at radius 1 is 1.06 bits per heavy atom. The number of aryl methyl sites for hydroxylation is 2. The third-order valence-corrected chi connectivity index (χ3v) is 3.83. The van der Waals surface area contributed by atoms with Crippen molar-refractivity contribution < 1.29 is 0 Å². The molecule has 0 N–H and O–H groups in total. The zero-order valence-corrected chi connectivity index (χ0v) is 11.8. The van der Waals surface area contributed by atoms with E-state index in [4.69, 9.17) is 0 Å². The second-order valence-electron chi connectivity index (χ2n) is 4.42. The first kappa shape index (κ1) is 11.4. The summed E-state index contributed by atoms with van der Waals surface area (Å²) in [4.78, 5) is 0. The minimum Gasteiger partial charge on any atom is -0.281 e. The molecule has 0 saturated carbocycles. The molecule has 0 aliphatic carbocycles. The lowest BCUT2D eigenvalue weighted by atomic mass is 10.1. The molecule has 3 aromatic rings. The van der Waals surface area contributed by atoms with E-state index in [1.807, 2.05) is 23.6 Å². The maximum absolute atomic E-state index is 4.27. The van der Waals surface area contributed by atoms with Gasteiger partial charge in [-0.2, -0.15) is 0 Å². The molecule has 0 fully saturated rings. The average Bonchev–Trinajstić information content (AvgIpc) is 2.74. The number of benzene rings is 1. The van der Waals surface area contributed by atoms with Crippen LogP contribution in [0, 0.1) is 13.8 Å². The van der Waals surface area contributed by atoms with Gasteiger partial charge in [-0.1, -0.05) is 29.8 Å². The molecule has 0 radical (unpaired) electrons. The summed E-state index contributed by atoms with van der Waals surface area (Å²) < 4.78 is 3.06. The summed E-state index contributed by atoms with van der Waals surface area (Å²) in [6.45, 7) is 4.12. The highest BCUT2D eigenvalue weighted by Crippen LogP contribution is 2.23. The smallest absolute Gasteiger partial charge is 0.168 e. The van der Waals surface area contributed by atoms with Crippen LogP contribution < -0.4 is 0 Å². The number of fused-ring (bicyclic) bond motifs is 1. The lowest BCUT2D eigenvalue weighted by Gasteiger charge is -2.03. The predicted molar refractivity (Wildman–Crippen MR) is 75.6 cm³/mol. The van der Waals surface area contributed by atoms with Crippen molar-refractivity contribution in [3.63, 3.8) is 0 Å². The third kappa shape index (κ3) is 1.82. The number of nitrogens with zero attached hydrogens (tertiary/aromatic N) is 3. The summed E-state index contributed by atoms with van der Waals surface area (Å²) in [6, 6.07) is 10.3. The summed E-state index contributed by atoms with van der Waals surface area (Å²) in [6.07, 6.45) is 2.01. The van der Waals surface area contributed by atoms with E-state index < -0.39 is 0 Å². The van der Waals surface area contributed by atoms with Crippen molar-refractivity contribution in [3.05, 3.63) is 52.1 Å². The summed E-state index contributed by atoms with van der Waals surface area (Å²) in [5, 5.41) is 8.48. The van der Waals surface area contributed by atoms with E-state index in [-0.39, 0.29) is 0 Å². The first-order valence-corrected chi connectivity index (χ1v) is 6.52. The van der Waals surface area contributed by atoms with Gasteiger partial charge in [-0.05, 0) is 41.4 Å². The molecule has 2 heterocycles. The monoisotopic (exact) mass is 301 g/mol. The lowest BCUT2D eigenvalue weighted by Crippen LogP contribution is -1.91. The number of aromatic nitrogens is 3. The largest absolute Gasteiger partial charge is 0.281 e. The summed E-state index contributed by atoms with van der Waals surface area (Å²) in [7, 11) is 0. The molecular weight excluding hydrogens is 290 g/mol. The van der Waals surface area contributed by atoms with Gasteiger partial charge in [-0.15, -0.1) is 10.2 Å². The molecule has 90 valence electrons. The topological polar surface area (TPSA) is 30.2 Å². The molecule has 0 atom stereocenters. The Labute approximate surface area is 114 Å². The van der Waals surface area contributed by atoms with Crippen molar-refractivity contribution in [1.82, 2.24) is 14.6 Å². The van der Waals surface area contributed by atoms with E-state index in [1.54, 1.807) is 0 Å². The molecule has 0 aliphatic heterocycles. The molecule has 0 amide bonds. The summed E-state index contributed by atoms with van der Waals surface area (Å²) in [5.74, 6) is 0.866. The van der Waals surface area contributed by atoms with Crippen LogP contribution in [0.2, 0.25) is 0 Å². The fraction of sp³-hybridized carbons (Fsp3) is 0.143. The molecule has 18 heavy (non-hydrogen) atoms. The first-order chi connectivity index (χ1) is 8.65. The Kier molecular flexibility index (Phi) is 2.67. The minimum absolute atomic E-state index is 0.866. The van der Waals surface area contributed by atoms with Gasteiger partial charge in [0.15, 0.2) is 11.5 Å². The van der Waals surface area contributed by atoms with Crippen LogP contribution in [0.5, 0.6) is 0 Å².